The number of rotatable bonds is 6. The number of hydrogen-bond acceptors (Lipinski definition) is 4. The Bertz CT molecular complexity index is 851. The maximum absolute atomic E-state index is 13.0. The highest BCUT2D eigenvalue weighted by molar-refractivity contribution is 5.95. The zero-order valence-corrected chi connectivity index (χ0v) is 17.9. The van der Waals surface area contributed by atoms with Crippen LogP contribution < -0.4 is 11.1 Å². The van der Waals surface area contributed by atoms with Crippen LogP contribution in [0.2, 0.25) is 0 Å². The molecule has 1 fully saturated rings. The molecule has 0 radical (unpaired) electrons. The first-order valence-electron chi connectivity index (χ1n) is 9.85. The molecule has 1 aliphatic heterocycles. The molecule has 158 valence electrons. The van der Waals surface area contributed by atoms with E-state index in [1.165, 1.54) is 0 Å². The Kier molecular flexibility index (Phi) is 8.22. The number of hydrogen-bond donors (Lipinski definition) is 2. The molecule has 29 heavy (non-hydrogen) atoms. The van der Waals surface area contributed by atoms with Crippen LogP contribution in [0, 0.1) is 19.8 Å². The van der Waals surface area contributed by atoms with Crippen molar-refractivity contribution in [2.24, 2.45) is 11.7 Å². The van der Waals surface area contributed by atoms with Gasteiger partial charge in [0.2, 0.25) is 5.91 Å². The number of aryl methyl sites for hydroxylation is 2. The number of carbonyl (C=O) groups excluding carboxylic acids is 2. The Morgan fingerprint density at radius 1 is 1.28 bits per heavy atom. The van der Waals surface area contributed by atoms with Crippen LogP contribution in [0.1, 0.15) is 40.2 Å². The maximum Gasteiger partial charge on any atom is 0.253 e. The normalized spacial score (nSPS) is 16.2. The summed E-state index contributed by atoms with van der Waals surface area (Å²) < 4.78 is 1.94. The topological polar surface area (TPSA) is 93.2 Å². The summed E-state index contributed by atoms with van der Waals surface area (Å²) in [7, 11) is 0. The molecule has 1 atom stereocenters. The lowest BCUT2D eigenvalue weighted by Crippen LogP contribution is -2.46. The molecular weight excluding hydrogens is 390 g/mol. The van der Waals surface area contributed by atoms with Crippen molar-refractivity contribution in [1.82, 2.24) is 20.0 Å². The largest absolute Gasteiger partial charge is 0.355 e. The summed E-state index contributed by atoms with van der Waals surface area (Å²) in [5.41, 5.74) is 9.22. The van der Waals surface area contributed by atoms with E-state index >= 15 is 0 Å². The number of nitrogens with zero attached hydrogens (tertiary/aromatic N) is 3. The number of nitrogens with two attached hydrogens (primary N) is 1. The van der Waals surface area contributed by atoms with E-state index in [1.807, 2.05) is 48.9 Å². The van der Waals surface area contributed by atoms with Crippen molar-refractivity contribution in [1.29, 1.82) is 0 Å². The summed E-state index contributed by atoms with van der Waals surface area (Å²) in [6.45, 7) is 6.66. The van der Waals surface area contributed by atoms with Crippen LogP contribution in [-0.2, 0) is 11.3 Å². The molecule has 1 saturated heterocycles. The summed E-state index contributed by atoms with van der Waals surface area (Å²) in [6.07, 6.45) is 1.63. The van der Waals surface area contributed by atoms with Crippen molar-refractivity contribution in [2.45, 2.75) is 33.2 Å². The highest BCUT2D eigenvalue weighted by Crippen LogP contribution is 2.20. The second kappa shape index (κ2) is 10.4. The van der Waals surface area contributed by atoms with Crippen LogP contribution in [0.3, 0.4) is 0 Å². The van der Waals surface area contributed by atoms with Gasteiger partial charge in [0.05, 0.1) is 18.2 Å². The maximum atomic E-state index is 13.0. The smallest absolute Gasteiger partial charge is 0.253 e. The summed E-state index contributed by atoms with van der Waals surface area (Å²) >= 11 is 0. The van der Waals surface area contributed by atoms with E-state index in [4.69, 9.17) is 5.73 Å². The van der Waals surface area contributed by atoms with Gasteiger partial charge in [0.1, 0.15) is 0 Å². The first kappa shape index (κ1) is 22.9. The zero-order valence-electron chi connectivity index (χ0n) is 17.1. The van der Waals surface area contributed by atoms with Gasteiger partial charge < -0.3 is 16.0 Å². The van der Waals surface area contributed by atoms with E-state index < -0.39 is 0 Å². The van der Waals surface area contributed by atoms with Gasteiger partial charge >= 0.3 is 0 Å². The highest BCUT2D eigenvalue weighted by atomic mass is 35.5. The molecule has 1 aromatic heterocycles. The van der Waals surface area contributed by atoms with E-state index in [-0.39, 0.29) is 30.1 Å². The molecule has 7 nitrogen and oxygen atoms in total. The first-order chi connectivity index (χ1) is 13.5. The molecule has 0 aliphatic carbocycles. The summed E-state index contributed by atoms with van der Waals surface area (Å²) in [5.74, 6) is -0.199. The molecule has 2 aromatic rings. The van der Waals surface area contributed by atoms with Gasteiger partial charge in [0, 0.05) is 37.4 Å². The predicted octanol–water partition coefficient (Wildman–Crippen LogP) is 1.90. The van der Waals surface area contributed by atoms with Crippen molar-refractivity contribution >= 4 is 24.2 Å². The van der Waals surface area contributed by atoms with Gasteiger partial charge in [0.15, 0.2) is 0 Å². The van der Waals surface area contributed by atoms with Gasteiger partial charge in [-0.1, -0.05) is 12.1 Å². The number of nitrogens with one attached hydrogen (secondary N) is 1. The van der Waals surface area contributed by atoms with E-state index in [0.717, 1.165) is 29.8 Å². The number of halogens is 1. The minimum atomic E-state index is -0.165. The quantitative estimate of drug-likeness (QED) is 0.747. The summed E-state index contributed by atoms with van der Waals surface area (Å²) in [4.78, 5) is 27.0. The third-order valence-corrected chi connectivity index (χ3v) is 5.13. The van der Waals surface area contributed by atoms with Crippen LogP contribution in [0.15, 0.2) is 30.3 Å². The fourth-order valence-electron chi connectivity index (χ4n) is 3.71. The van der Waals surface area contributed by atoms with Crippen molar-refractivity contribution in [3.8, 4) is 0 Å². The van der Waals surface area contributed by atoms with Crippen molar-refractivity contribution in [3.63, 3.8) is 0 Å². The van der Waals surface area contributed by atoms with E-state index in [2.05, 4.69) is 10.4 Å². The Balaban J connectivity index is 0.00000300. The van der Waals surface area contributed by atoms with Crippen molar-refractivity contribution in [3.05, 3.63) is 52.8 Å². The van der Waals surface area contributed by atoms with Crippen LogP contribution in [0.4, 0.5) is 0 Å². The molecule has 0 bridgehead atoms. The molecule has 2 heterocycles. The molecule has 0 saturated carbocycles. The van der Waals surface area contributed by atoms with E-state index in [9.17, 15) is 9.59 Å². The van der Waals surface area contributed by atoms with Gasteiger partial charge in [-0.25, -0.2) is 0 Å². The number of piperidine rings is 1. The standard InChI is InChI=1S/C21H29N5O2.ClH/c1-15-11-16(2)26(24-15)13-17-5-3-6-18(12-17)21(28)25-10-4-7-19(14-25)20(27)23-9-8-22;/h3,5-6,11-12,19H,4,7-10,13-14,22H2,1-2H3,(H,23,27);1H. The Labute approximate surface area is 178 Å². The molecule has 1 aliphatic rings. The number of aromatic nitrogens is 2. The second-order valence-electron chi connectivity index (χ2n) is 7.46. The van der Waals surface area contributed by atoms with Crippen molar-refractivity contribution < 1.29 is 9.59 Å². The number of benzene rings is 1. The second-order valence-corrected chi connectivity index (χ2v) is 7.46. The molecule has 2 amide bonds. The summed E-state index contributed by atoms with van der Waals surface area (Å²) in [5, 5.41) is 7.33. The lowest BCUT2D eigenvalue weighted by Gasteiger charge is -2.32. The predicted molar refractivity (Wildman–Crippen MR) is 115 cm³/mol. The number of likely N-dealkylation sites (tertiary alicyclic amines) is 1. The van der Waals surface area contributed by atoms with Crippen LogP contribution >= 0.6 is 12.4 Å². The fourth-order valence-corrected chi connectivity index (χ4v) is 3.71. The molecule has 1 unspecified atom stereocenters. The SMILES string of the molecule is Cc1cc(C)n(Cc2cccc(C(=O)N3CCCC(C(=O)NCCN)C3)c2)n1.Cl. The van der Waals surface area contributed by atoms with Gasteiger partial charge in [-0.2, -0.15) is 5.10 Å². The lowest BCUT2D eigenvalue weighted by atomic mass is 9.96. The van der Waals surface area contributed by atoms with Crippen LogP contribution in [0.25, 0.3) is 0 Å². The lowest BCUT2D eigenvalue weighted by molar-refractivity contribution is -0.126. The Morgan fingerprint density at radius 2 is 2.07 bits per heavy atom. The van der Waals surface area contributed by atoms with Gasteiger partial charge in [-0.05, 0) is 50.5 Å². The van der Waals surface area contributed by atoms with E-state index in [0.29, 0.717) is 38.3 Å². The average molecular weight is 420 g/mol. The van der Waals surface area contributed by atoms with Crippen LogP contribution in [0.5, 0.6) is 0 Å². The van der Waals surface area contributed by atoms with E-state index in [1.54, 1.807) is 4.90 Å². The minimum absolute atomic E-state index is 0. The molecule has 8 heteroatoms. The summed E-state index contributed by atoms with van der Waals surface area (Å²) in [6, 6.07) is 9.72. The van der Waals surface area contributed by atoms with Gasteiger partial charge in [0.25, 0.3) is 5.91 Å². The third-order valence-electron chi connectivity index (χ3n) is 5.13. The molecular formula is C21H30ClN5O2. The Hall–Kier alpha value is -2.38. The van der Waals surface area contributed by atoms with Crippen molar-refractivity contribution in [2.75, 3.05) is 26.2 Å². The zero-order chi connectivity index (χ0) is 20.1. The third kappa shape index (κ3) is 5.81. The fraction of sp³-hybridized carbons (Fsp3) is 0.476. The number of amides is 2. The van der Waals surface area contributed by atoms with Gasteiger partial charge in [-0.3, -0.25) is 14.3 Å². The Morgan fingerprint density at radius 3 is 2.76 bits per heavy atom. The molecule has 1 aromatic carbocycles. The minimum Gasteiger partial charge on any atom is -0.355 e. The average Bonchev–Trinajstić information content (AvgIpc) is 3.02. The first-order valence-corrected chi connectivity index (χ1v) is 9.85. The monoisotopic (exact) mass is 419 g/mol. The van der Waals surface area contributed by atoms with Gasteiger partial charge in [-0.15, -0.1) is 12.4 Å². The molecule has 0 spiro atoms. The highest BCUT2D eigenvalue weighted by Gasteiger charge is 2.28. The number of carbonyl (C=O) groups is 2. The van der Waals surface area contributed by atoms with Crippen LogP contribution in [-0.4, -0.2) is 52.7 Å². The molecule has 3 rings (SSSR count). The molecule has 3 N–H and O–H groups in total.